The third-order valence-electron chi connectivity index (χ3n) is 2.53. The summed E-state index contributed by atoms with van der Waals surface area (Å²) in [6.45, 7) is 1.24. The Balaban J connectivity index is 2.12. The topological polar surface area (TPSA) is 69.6 Å². The van der Waals surface area contributed by atoms with Gasteiger partial charge in [-0.1, -0.05) is 11.8 Å². The number of aliphatic hydroxyl groups excluding tert-OH is 1. The number of aliphatic hydroxyl groups is 1. The van der Waals surface area contributed by atoms with Crippen LogP contribution in [0.1, 0.15) is 6.42 Å². The molecule has 2 atom stereocenters. The van der Waals surface area contributed by atoms with Gasteiger partial charge in [-0.3, -0.25) is 14.5 Å². The Hall–Kier alpha value is -0.590. The van der Waals surface area contributed by atoms with Crippen molar-refractivity contribution in [1.82, 2.24) is 10.2 Å². The van der Waals surface area contributed by atoms with E-state index in [0.29, 0.717) is 13.0 Å². The quantitative estimate of drug-likeness (QED) is 0.613. The van der Waals surface area contributed by atoms with E-state index in [1.54, 1.807) is 0 Å². The van der Waals surface area contributed by atoms with Crippen molar-refractivity contribution in [2.45, 2.75) is 18.6 Å². The van der Waals surface area contributed by atoms with Crippen LogP contribution in [0.4, 0.5) is 4.79 Å². The number of thioether (sulfide) groups is 1. The van der Waals surface area contributed by atoms with Crippen LogP contribution < -0.4 is 5.32 Å². The second-order valence-corrected chi connectivity index (χ2v) is 4.37. The molecule has 0 bridgehead atoms. The van der Waals surface area contributed by atoms with Crippen LogP contribution in [0.15, 0.2) is 0 Å². The first-order valence-electron chi connectivity index (χ1n) is 4.58. The van der Waals surface area contributed by atoms with Gasteiger partial charge in [-0.2, -0.15) is 0 Å². The highest BCUT2D eigenvalue weighted by atomic mass is 32.2. The maximum atomic E-state index is 11.4. The van der Waals surface area contributed by atoms with Crippen LogP contribution >= 0.6 is 11.8 Å². The number of amides is 2. The molecule has 2 amide bonds. The summed E-state index contributed by atoms with van der Waals surface area (Å²) >= 11 is 1.01. The average molecular weight is 216 g/mol. The normalized spacial score (nSPS) is 33.9. The second-order valence-electron chi connectivity index (χ2n) is 3.45. The Morgan fingerprint density at radius 2 is 2.29 bits per heavy atom. The number of hydrogen-bond acceptors (Lipinski definition) is 5. The van der Waals surface area contributed by atoms with Crippen molar-refractivity contribution in [1.29, 1.82) is 0 Å². The number of nitrogens with zero attached hydrogens (tertiary/aromatic N) is 1. The SMILES string of the molecule is O=C1CSC(=O)N1[C@H]1CNCC[C@@H]1O. The van der Waals surface area contributed by atoms with E-state index in [2.05, 4.69) is 5.32 Å². The van der Waals surface area contributed by atoms with E-state index in [1.807, 2.05) is 0 Å². The van der Waals surface area contributed by atoms with Gasteiger partial charge in [0.25, 0.3) is 5.24 Å². The number of rotatable bonds is 1. The average Bonchev–Trinajstić information content (AvgIpc) is 2.48. The van der Waals surface area contributed by atoms with Crippen molar-refractivity contribution in [2.24, 2.45) is 0 Å². The molecule has 5 nitrogen and oxygen atoms in total. The third-order valence-corrected chi connectivity index (χ3v) is 3.37. The van der Waals surface area contributed by atoms with Crippen LogP contribution in [-0.2, 0) is 4.79 Å². The summed E-state index contributed by atoms with van der Waals surface area (Å²) in [7, 11) is 0. The first-order chi connectivity index (χ1) is 6.70. The first kappa shape index (κ1) is 9.95. The van der Waals surface area contributed by atoms with E-state index in [0.717, 1.165) is 18.3 Å². The van der Waals surface area contributed by atoms with Gasteiger partial charge in [0.2, 0.25) is 5.91 Å². The smallest absolute Gasteiger partial charge is 0.289 e. The molecular weight excluding hydrogens is 204 g/mol. The number of carbonyl (C=O) groups excluding carboxylic acids is 2. The molecule has 78 valence electrons. The summed E-state index contributed by atoms with van der Waals surface area (Å²) in [6, 6.07) is -0.376. The fourth-order valence-corrected chi connectivity index (χ4v) is 2.54. The summed E-state index contributed by atoms with van der Waals surface area (Å²) in [5.41, 5.74) is 0. The Morgan fingerprint density at radius 1 is 1.50 bits per heavy atom. The zero-order valence-corrected chi connectivity index (χ0v) is 8.42. The van der Waals surface area contributed by atoms with E-state index < -0.39 is 6.10 Å². The number of piperidine rings is 1. The molecule has 0 aromatic carbocycles. The zero-order valence-electron chi connectivity index (χ0n) is 7.60. The van der Waals surface area contributed by atoms with Crippen molar-refractivity contribution in [3.05, 3.63) is 0 Å². The Morgan fingerprint density at radius 3 is 2.86 bits per heavy atom. The fraction of sp³-hybridized carbons (Fsp3) is 0.750. The maximum Gasteiger partial charge on any atom is 0.289 e. The number of imide groups is 1. The third kappa shape index (κ3) is 1.65. The Bertz CT molecular complexity index is 255. The van der Waals surface area contributed by atoms with Gasteiger partial charge in [-0.05, 0) is 13.0 Å². The van der Waals surface area contributed by atoms with Crippen molar-refractivity contribution >= 4 is 22.9 Å². The van der Waals surface area contributed by atoms with Gasteiger partial charge in [0, 0.05) is 6.54 Å². The van der Waals surface area contributed by atoms with Crippen molar-refractivity contribution in [3.8, 4) is 0 Å². The maximum absolute atomic E-state index is 11.4. The molecule has 0 aromatic heterocycles. The molecule has 0 aliphatic carbocycles. The Kier molecular flexibility index (Phi) is 2.76. The van der Waals surface area contributed by atoms with Crippen LogP contribution in [0, 0.1) is 0 Å². The van der Waals surface area contributed by atoms with Crippen molar-refractivity contribution < 1.29 is 14.7 Å². The summed E-state index contributed by atoms with van der Waals surface area (Å²) in [4.78, 5) is 23.9. The van der Waals surface area contributed by atoms with E-state index in [-0.39, 0.29) is 22.9 Å². The van der Waals surface area contributed by atoms with Gasteiger partial charge in [0.1, 0.15) is 0 Å². The molecule has 14 heavy (non-hydrogen) atoms. The standard InChI is InChI=1S/C8H12N2O3S/c11-6-1-2-9-3-5(6)10-7(12)4-14-8(10)13/h5-6,9,11H,1-4H2/t5-,6-/m0/s1. The molecule has 2 aliphatic heterocycles. The van der Waals surface area contributed by atoms with E-state index >= 15 is 0 Å². The number of carbonyl (C=O) groups is 2. The predicted molar refractivity (Wildman–Crippen MR) is 52.0 cm³/mol. The highest BCUT2D eigenvalue weighted by Gasteiger charge is 2.39. The van der Waals surface area contributed by atoms with E-state index in [1.165, 1.54) is 4.90 Å². The monoisotopic (exact) mass is 216 g/mol. The molecule has 2 fully saturated rings. The molecule has 2 aliphatic rings. The largest absolute Gasteiger partial charge is 0.391 e. The lowest BCUT2D eigenvalue weighted by Crippen LogP contribution is -2.55. The lowest BCUT2D eigenvalue weighted by atomic mass is 10.0. The summed E-state index contributed by atoms with van der Waals surface area (Å²) < 4.78 is 0. The minimum absolute atomic E-state index is 0.187. The van der Waals surface area contributed by atoms with Gasteiger partial charge in [0.15, 0.2) is 0 Å². The first-order valence-corrected chi connectivity index (χ1v) is 5.56. The molecule has 0 spiro atoms. The molecule has 0 aromatic rings. The molecule has 0 saturated carbocycles. The summed E-state index contributed by atoms with van der Waals surface area (Å²) in [5, 5.41) is 12.5. The summed E-state index contributed by atoms with van der Waals surface area (Å²) in [6.07, 6.45) is 0.00898. The minimum atomic E-state index is -0.581. The summed E-state index contributed by atoms with van der Waals surface area (Å²) in [5.74, 6) is 0.0231. The number of hydrogen-bond donors (Lipinski definition) is 2. The fourth-order valence-electron chi connectivity index (χ4n) is 1.78. The molecule has 2 saturated heterocycles. The molecule has 2 N–H and O–H groups in total. The van der Waals surface area contributed by atoms with Gasteiger partial charge in [-0.15, -0.1) is 0 Å². The van der Waals surface area contributed by atoms with Crippen LogP contribution in [0.2, 0.25) is 0 Å². The highest BCUT2D eigenvalue weighted by Crippen LogP contribution is 2.24. The molecule has 2 heterocycles. The van der Waals surface area contributed by atoms with Gasteiger partial charge >= 0.3 is 0 Å². The molecule has 0 unspecified atom stereocenters. The predicted octanol–water partition coefficient (Wildman–Crippen LogP) is -0.595. The molecule has 0 radical (unpaired) electrons. The molecular formula is C8H12N2O3S. The van der Waals surface area contributed by atoms with Crippen molar-refractivity contribution in [3.63, 3.8) is 0 Å². The zero-order chi connectivity index (χ0) is 10.1. The van der Waals surface area contributed by atoms with Crippen LogP contribution in [-0.4, -0.2) is 52.1 Å². The van der Waals surface area contributed by atoms with Crippen LogP contribution in [0.5, 0.6) is 0 Å². The lowest BCUT2D eigenvalue weighted by Gasteiger charge is -2.33. The highest BCUT2D eigenvalue weighted by molar-refractivity contribution is 8.14. The van der Waals surface area contributed by atoms with Gasteiger partial charge in [0.05, 0.1) is 17.9 Å². The molecule has 6 heteroatoms. The van der Waals surface area contributed by atoms with Gasteiger partial charge < -0.3 is 10.4 Å². The second kappa shape index (κ2) is 3.88. The van der Waals surface area contributed by atoms with Crippen molar-refractivity contribution in [2.75, 3.05) is 18.8 Å². The van der Waals surface area contributed by atoms with Gasteiger partial charge in [-0.25, -0.2) is 0 Å². The minimum Gasteiger partial charge on any atom is -0.391 e. The lowest BCUT2D eigenvalue weighted by molar-refractivity contribution is -0.128. The number of nitrogens with one attached hydrogen (secondary N) is 1. The van der Waals surface area contributed by atoms with E-state index in [9.17, 15) is 14.7 Å². The van der Waals surface area contributed by atoms with Crippen LogP contribution in [0.25, 0.3) is 0 Å². The van der Waals surface area contributed by atoms with E-state index in [4.69, 9.17) is 0 Å². The van der Waals surface area contributed by atoms with Crippen LogP contribution in [0.3, 0.4) is 0 Å². The molecule has 2 rings (SSSR count). The Labute approximate surface area is 85.8 Å².